The van der Waals surface area contributed by atoms with E-state index >= 15 is 0 Å². The first-order valence-electron chi connectivity index (χ1n) is 7.41. The van der Waals surface area contributed by atoms with Gasteiger partial charge in [0.2, 0.25) is 11.7 Å². The Kier molecular flexibility index (Phi) is 3.14. The summed E-state index contributed by atoms with van der Waals surface area (Å²) in [5.41, 5.74) is 1.06. The Morgan fingerprint density at radius 2 is 1.92 bits per heavy atom. The molecule has 0 aromatic carbocycles. The van der Waals surface area contributed by atoms with Crippen molar-refractivity contribution in [1.82, 2.24) is 33.9 Å². The Morgan fingerprint density at radius 1 is 1.04 bits per heavy atom. The lowest BCUT2D eigenvalue weighted by molar-refractivity contribution is 0.0739. The third kappa shape index (κ3) is 2.42. The van der Waals surface area contributed by atoms with Crippen molar-refractivity contribution in [3.05, 3.63) is 55.1 Å². The van der Waals surface area contributed by atoms with Gasteiger partial charge in [-0.15, -0.1) is 0 Å². The van der Waals surface area contributed by atoms with E-state index in [9.17, 15) is 5.11 Å². The number of imidazole rings is 2. The molecule has 4 heterocycles. The van der Waals surface area contributed by atoms with Crippen molar-refractivity contribution in [1.29, 1.82) is 0 Å². The second kappa shape index (κ2) is 5.20. The highest BCUT2D eigenvalue weighted by Gasteiger charge is 2.19. The summed E-state index contributed by atoms with van der Waals surface area (Å²) in [6, 6.07) is 3.59. The molecule has 0 aliphatic rings. The van der Waals surface area contributed by atoms with E-state index in [-0.39, 0.29) is 0 Å². The van der Waals surface area contributed by atoms with Crippen LogP contribution in [0.2, 0.25) is 0 Å². The van der Waals surface area contributed by atoms with Gasteiger partial charge in [0.25, 0.3) is 0 Å². The minimum Gasteiger partial charge on any atom is -0.384 e. The van der Waals surface area contributed by atoms with Crippen LogP contribution in [0.1, 0.15) is 19.5 Å². The molecule has 8 nitrogen and oxygen atoms in total. The molecule has 0 unspecified atom stereocenters. The first-order valence-corrected chi connectivity index (χ1v) is 7.41. The maximum Gasteiger partial charge on any atom is 0.235 e. The van der Waals surface area contributed by atoms with E-state index in [1.165, 1.54) is 0 Å². The van der Waals surface area contributed by atoms with Crippen molar-refractivity contribution in [2.24, 2.45) is 0 Å². The fourth-order valence-electron chi connectivity index (χ4n) is 2.39. The van der Waals surface area contributed by atoms with E-state index in [1.807, 2.05) is 16.7 Å². The number of rotatable bonds is 3. The highest BCUT2D eigenvalue weighted by atomic mass is 16.3. The summed E-state index contributed by atoms with van der Waals surface area (Å²) < 4.78 is 3.56. The van der Waals surface area contributed by atoms with Gasteiger partial charge >= 0.3 is 0 Å². The van der Waals surface area contributed by atoms with Crippen LogP contribution in [0.4, 0.5) is 0 Å². The zero-order valence-electron chi connectivity index (χ0n) is 13.2. The highest BCUT2D eigenvalue weighted by molar-refractivity contribution is 5.58. The van der Waals surface area contributed by atoms with Gasteiger partial charge in [-0.05, 0) is 26.0 Å². The van der Waals surface area contributed by atoms with Gasteiger partial charge in [0.1, 0.15) is 11.9 Å². The fourth-order valence-corrected chi connectivity index (χ4v) is 2.39. The predicted octanol–water partition coefficient (Wildman–Crippen LogP) is 1.60. The largest absolute Gasteiger partial charge is 0.384 e. The highest BCUT2D eigenvalue weighted by Crippen LogP contribution is 2.22. The van der Waals surface area contributed by atoms with E-state index in [4.69, 9.17) is 0 Å². The van der Waals surface area contributed by atoms with Crippen molar-refractivity contribution in [2.75, 3.05) is 0 Å². The third-order valence-corrected chi connectivity index (χ3v) is 3.65. The van der Waals surface area contributed by atoms with Crippen LogP contribution in [0.3, 0.4) is 0 Å². The molecule has 0 saturated heterocycles. The van der Waals surface area contributed by atoms with Crippen molar-refractivity contribution >= 4 is 5.78 Å². The average Bonchev–Trinajstić information content (AvgIpc) is 3.23. The Hall–Kier alpha value is -3.13. The zero-order chi connectivity index (χ0) is 16.7. The van der Waals surface area contributed by atoms with Gasteiger partial charge in [0.05, 0.1) is 23.3 Å². The number of nitrogens with zero attached hydrogens (tertiary/aromatic N) is 7. The molecule has 8 heteroatoms. The lowest BCUT2D eigenvalue weighted by Crippen LogP contribution is -2.18. The smallest absolute Gasteiger partial charge is 0.235 e. The number of hydrogen-bond acceptors (Lipinski definition) is 6. The molecular weight excluding hydrogens is 306 g/mol. The van der Waals surface area contributed by atoms with Crippen molar-refractivity contribution in [3.8, 4) is 17.3 Å². The molecule has 1 N–H and O–H groups in total. The van der Waals surface area contributed by atoms with Crippen LogP contribution in [0.25, 0.3) is 23.1 Å². The van der Waals surface area contributed by atoms with Crippen LogP contribution in [0, 0.1) is 0 Å². The summed E-state index contributed by atoms with van der Waals surface area (Å²) in [5.74, 6) is 1.04. The van der Waals surface area contributed by atoms with Crippen LogP contribution in [0.5, 0.6) is 0 Å². The van der Waals surface area contributed by atoms with Gasteiger partial charge < -0.3 is 5.11 Å². The van der Waals surface area contributed by atoms with Crippen molar-refractivity contribution in [2.45, 2.75) is 19.4 Å². The third-order valence-electron chi connectivity index (χ3n) is 3.65. The number of aliphatic hydroxyl groups is 1. The number of fused-ring (bicyclic) bond motifs is 1. The first-order chi connectivity index (χ1) is 11.5. The van der Waals surface area contributed by atoms with Gasteiger partial charge in [-0.1, -0.05) is 0 Å². The van der Waals surface area contributed by atoms with E-state index in [0.717, 1.165) is 11.4 Å². The Morgan fingerprint density at radius 3 is 2.67 bits per heavy atom. The lowest BCUT2D eigenvalue weighted by atomic mass is 10.1. The van der Waals surface area contributed by atoms with E-state index in [1.54, 1.807) is 55.6 Å². The van der Waals surface area contributed by atoms with Crippen molar-refractivity contribution in [3.63, 3.8) is 0 Å². The predicted molar refractivity (Wildman–Crippen MR) is 86.4 cm³/mol. The fraction of sp³-hybridized carbons (Fsp3) is 0.188. The molecule has 0 saturated carbocycles. The summed E-state index contributed by atoms with van der Waals surface area (Å²) in [6.07, 6.45) is 10.3. The lowest BCUT2D eigenvalue weighted by Gasteiger charge is -2.16. The minimum atomic E-state index is -1.02. The molecule has 0 aliphatic heterocycles. The van der Waals surface area contributed by atoms with Crippen LogP contribution in [0.15, 0.2) is 49.4 Å². The monoisotopic (exact) mass is 321 g/mol. The Balaban J connectivity index is 1.81. The second-order valence-electron chi connectivity index (χ2n) is 5.90. The molecule has 0 fully saturated rings. The van der Waals surface area contributed by atoms with Crippen molar-refractivity contribution < 1.29 is 5.11 Å². The molecule has 0 aliphatic carbocycles. The molecule has 4 rings (SSSR count). The normalized spacial score (nSPS) is 12.0. The summed E-state index contributed by atoms with van der Waals surface area (Å²) in [5, 5.41) is 10.1. The summed E-state index contributed by atoms with van der Waals surface area (Å²) in [6.45, 7) is 3.38. The number of aromatic nitrogens is 7. The van der Waals surface area contributed by atoms with Gasteiger partial charge in [0, 0.05) is 24.8 Å². The van der Waals surface area contributed by atoms with Crippen LogP contribution < -0.4 is 0 Å². The molecular formula is C16H15N7O. The average molecular weight is 321 g/mol. The Labute approximate surface area is 137 Å². The van der Waals surface area contributed by atoms with Gasteiger partial charge in [-0.2, -0.15) is 0 Å². The minimum absolute atomic E-state index is 0.507. The molecule has 0 radical (unpaired) electrons. The maximum absolute atomic E-state index is 10.1. The SMILES string of the molecule is CC(C)(O)c1ccn2c(-c3ccnc(-n4ccnc4)n3)cnc2n1. The molecule has 4 aromatic rings. The van der Waals surface area contributed by atoms with E-state index in [0.29, 0.717) is 17.4 Å². The molecule has 120 valence electrons. The summed E-state index contributed by atoms with van der Waals surface area (Å²) >= 11 is 0. The first kappa shape index (κ1) is 14.5. The number of hydrogen-bond donors (Lipinski definition) is 1. The molecule has 4 aromatic heterocycles. The van der Waals surface area contributed by atoms with Gasteiger partial charge in [0.15, 0.2) is 0 Å². The van der Waals surface area contributed by atoms with Crippen LogP contribution >= 0.6 is 0 Å². The quantitative estimate of drug-likeness (QED) is 0.616. The molecule has 0 atom stereocenters. The summed E-state index contributed by atoms with van der Waals surface area (Å²) in [7, 11) is 0. The summed E-state index contributed by atoms with van der Waals surface area (Å²) in [4.78, 5) is 21.5. The standard InChI is InChI=1S/C16H15N7O/c1-16(2,24)13-4-7-23-12(9-19-15(23)21-13)11-3-5-18-14(20-11)22-8-6-17-10-22/h3-10,24H,1-2H3. The van der Waals surface area contributed by atoms with E-state index in [2.05, 4.69) is 24.9 Å². The molecule has 0 bridgehead atoms. The topological polar surface area (TPSA) is 94.0 Å². The molecule has 24 heavy (non-hydrogen) atoms. The maximum atomic E-state index is 10.1. The Bertz CT molecular complexity index is 999. The molecule has 0 spiro atoms. The second-order valence-corrected chi connectivity index (χ2v) is 5.90. The van der Waals surface area contributed by atoms with Gasteiger partial charge in [-0.25, -0.2) is 24.9 Å². The molecule has 0 amide bonds. The van der Waals surface area contributed by atoms with E-state index < -0.39 is 5.60 Å². The van der Waals surface area contributed by atoms with Crippen LogP contribution in [-0.2, 0) is 5.60 Å². The van der Waals surface area contributed by atoms with Crippen LogP contribution in [-0.4, -0.2) is 39.0 Å². The zero-order valence-corrected chi connectivity index (χ0v) is 13.2. The van der Waals surface area contributed by atoms with Gasteiger partial charge in [-0.3, -0.25) is 8.97 Å².